The lowest BCUT2D eigenvalue weighted by Crippen LogP contribution is -2.37. The summed E-state index contributed by atoms with van der Waals surface area (Å²) in [6.07, 6.45) is 13.5. The zero-order valence-corrected chi connectivity index (χ0v) is 19.9. The fourth-order valence-corrected chi connectivity index (χ4v) is 5.17. The fourth-order valence-electron chi connectivity index (χ4n) is 4.54. The third kappa shape index (κ3) is 5.55. The van der Waals surface area contributed by atoms with Gasteiger partial charge in [0.15, 0.2) is 0 Å². The van der Waals surface area contributed by atoms with Gasteiger partial charge in [-0.2, -0.15) is 0 Å². The van der Waals surface area contributed by atoms with Crippen LogP contribution in [0.5, 0.6) is 0 Å². The molecule has 1 saturated carbocycles. The number of rotatable bonds is 4. The third-order valence-corrected chi connectivity index (χ3v) is 8.00. The van der Waals surface area contributed by atoms with Crippen LogP contribution in [0.3, 0.4) is 0 Å². The molecule has 5 rings (SSSR count). The molecule has 0 bridgehead atoms. The molecule has 8 heteroatoms. The van der Waals surface area contributed by atoms with E-state index in [0.29, 0.717) is 31.0 Å². The van der Waals surface area contributed by atoms with Gasteiger partial charge in [-0.05, 0) is 73.7 Å². The molecule has 3 heterocycles. The second kappa shape index (κ2) is 10.2. The van der Waals surface area contributed by atoms with E-state index in [1.807, 2.05) is 36.2 Å². The molecule has 1 aromatic rings. The average Bonchev–Trinajstić information content (AvgIpc) is 3.53. The van der Waals surface area contributed by atoms with Crippen molar-refractivity contribution in [2.24, 2.45) is 10.4 Å². The number of amides is 1. The number of carbonyl (C=O) groups is 1. The first-order valence-corrected chi connectivity index (χ1v) is 13.0. The molecule has 1 aliphatic carbocycles. The summed E-state index contributed by atoms with van der Waals surface area (Å²) in [6.45, 7) is 4.97. The van der Waals surface area contributed by atoms with Crippen molar-refractivity contribution < 1.29 is 9.53 Å². The van der Waals surface area contributed by atoms with E-state index in [-0.39, 0.29) is 5.91 Å². The highest BCUT2D eigenvalue weighted by molar-refractivity contribution is 8.02. The molecule has 2 N–H and O–H groups in total. The minimum Gasteiger partial charge on any atom is -0.379 e. The van der Waals surface area contributed by atoms with E-state index in [9.17, 15) is 4.79 Å². The molecule has 1 aromatic carbocycles. The summed E-state index contributed by atoms with van der Waals surface area (Å²) in [6, 6.07) is 6.26. The predicted molar refractivity (Wildman–Crippen MR) is 136 cm³/mol. The molecular weight excluding hydrogens is 434 g/mol. The monoisotopic (exact) mass is 467 g/mol. The molecule has 0 unspecified atom stereocenters. The van der Waals surface area contributed by atoms with Crippen molar-refractivity contribution in [1.82, 2.24) is 10.6 Å². The highest BCUT2D eigenvalue weighted by Gasteiger charge is 2.44. The van der Waals surface area contributed by atoms with Gasteiger partial charge >= 0.3 is 0 Å². The second-order valence-electron chi connectivity index (χ2n) is 9.17. The van der Waals surface area contributed by atoms with Crippen molar-refractivity contribution in [3.05, 3.63) is 47.8 Å². The number of nitrogens with one attached hydrogen (secondary N) is 2. The van der Waals surface area contributed by atoms with Gasteiger partial charge in [-0.3, -0.25) is 9.79 Å². The van der Waals surface area contributed by atoms with E-state index >= 15 is 0 Å². The van der Waals surface area contributed by atoms with Gasteiger partial charge in [0.1, 0.15) is 5.82 Å². The number of nitrogens with zero attached hydrogens (tertiary/aromatic N) is 3. The van der Waals surface area contributed by atoms with E-state index < -0.39 is 0 Å². The molecule has 33 heavy (non-hydrogen) atoms. The largest absolute Gasteiger partial charge is 0.379 e. The highest BCUT2D eigenvalue weighted by atomic mass is 32.2. The number of ether oxygens (including phenoxy) is 1. The number of allylic oxidation sites excluding steroid dienone is 2. The average molecular weight is 468 g/mol. The Morgan fingerprint density at radius 3 is 2.76 bits per heavy atom. The Hall–Kier alpha value is -2.45. The van der Waals surface area contributed by atoms with E-state index in [4.69, 9.17) is 4.74 Å². The number of piperidine rings is 1. The first-order valence-electron chi connectivity index (χ1n) is 12.0. The van der Waals surface area contributed by atoms with E-state index in [1.165, 1.54) is 31.4 Å². The Balaban J connectivity index is 1.35. The summed E-state index contributed by atoms with van der Waals surface area (Å²) in [5.74, 6) is 1.67. The quantitative estimate of drug-likeness (QED) is 0.658. The van der Waals surface area contributed by atoms with Gasteiger partial charge in [-0.1, -0.05) is 12.2 Å². The Morgan fingerprint density at radius 1 is 1.15 bits per heavy atom. The summed E-state index contributed by atoms with van der Waals surface area (Å²) in [5.41, 5.74) is 3.55. The molecule has 176 valence electrons. The molecule has 0 atom stereocenters. The molecule has 1 amide bonds. The van der Waals surface area contributed by atoms with Crippen LogP contribution in [-0.4, -0.2) is 57.4 Å². The number of benzene rings is 1. The normalized spacial score (nSPS) is 25.0. The SMILES string of the molecule is O=C(N/C1=C/C=C\CCOCCN=CN1)c1ccc(N2CCS2)cc1N1CCC2(CC1)CC2. The summed E-state index contributed by atoms with van der Waals surface area (Å²) in [7, 11) is 0. The maximum atomic E-state index is 13.4. The van der Waals surface area contributed by atoms with Crippen LogP contribution in [0.25, 0.3) is 0 Å². The first-order chi connectivity index (χ1) is 16.2. The van der Waals surface area contributed by atoms with Crippen LogP contribution < -0.4 is 19.8 Å². The molecule has 0 aromatic heterocycles. The van der Waals surface area contributed by atoms with Gasteiger partial charge in [0, 0.05) is 31.1 Å². The van der Waals surface area contributed by atoms with Gasteiger partial charge in [0.05, 0.1) is 37.3 Å². The smallest absolute Gasteiger partial charge is 0.258 e. The molecule has 3 aliphatic heterocycles. The molecule has 3 fully saturated rings. The minimum absolute atomic E-state index is 0.101. The zero-order valence-electron chi connectivity index (χ0n) is 19.1. The maximum Gasteiger partial charge on any atom is 0.258 e. The van der Waals surface area contributed by atoms with Gasteiger partial charge in [-0.15, -0.1) is 0 Å². The molecular formula is C25H33N5O2S. The van der Waals surface area contributed by atoms with Crippen molar-refractivity contribution in [1.29, 1.82) is 0 Å². The number of anilines is 2. The standard InChI is InChI=1S/C25H33N5O2S/c31-24(28-23-4-2-1-3-15-32-16-11-26-19-27-23)21-6-5-20(30-14-17-33-30)18-22(21)29-12-9-25(7-8-25)10-13-29/h1-2,4-6,18-19H,3,7-17H2,(H,26,27)(H,28,31)/b2-1-,23-4+. The minimum atomic E-state index is -0.101. The van der Waals surface area contributed by atoms with E-state index in [2.05, 4.69) is 37.0 Å². The maximum absolute atomic E-state index is 13.4. The third-order valence-electron chi connectivity index (χ3n) is 6.93. The Morgan fingerprint density at radius 2 is 2.00 bits per heavy atom. The van der Waals surface area contributed by atoms with E-state index in [1.54, 1.807) is 6.34 Å². The summed E-state index contributed by atoms with van der Waals surface area (Å²) >= 11 is 1.84. The number of carbonyl (C=O) groups excluding carboxylic acids is 1. The van der Waals surface area contributed by atoms with Gasteiger partial charge in [0.25, 0.3) is 5.91 Å². The lowest BCUT2D eigenvalue weighted by atomic mass is 9.93. The number of hydrogen-bond acceptors (Lipinski definition) is 7. The number of aliphatic imine (C=N–C) groups is 1. The molecule has 4 aliphatic rings. The van der Waals surface area contributed by atoms with Crippen molar-refractivity contribution in [2.45, 2.75) is 32.1 Å². The van der Waals surface area contributed by atoms with Crippen molar-refractivity contribution in [3.8, 4) is 0 Å². The fraction of sp³-hybridized carbons (Fsp3) is 0.520. The van der Waals surface area contributed by atoms with Crippen LogP contribution >= 0.6 is 11.9 Å². The van der Waals surface area contributed by atoms with Crippen molar-refractivity contribution in [2.75, 3.05) is 54.4 Å². The van der Waals surface area contributed by atoms with Crippen LogP contribution in [0.4, 0.5) is 11.4 Å². The highest BCUT2D eigenvalue weighted by Crippen LogP contribution is 2.54. The molecule has 0 radical (unpaired) electrons. The van der Waals surface area contributed by atoms with Gasteiger partial charge in [-0.25, -0.2) is 0 Å². The molecule has 1 spiro atoms. The summed E-state index contributed by atoms with van der Waals surface area (Å²) in [5, 5.41) is 6.17. The van der Waals surface area contributed by atoms with Crippen LogP contribution in [0.15, 0.2) is 47.2 Å². The topological polar surface area (TPSA) is 69.2 Å². The lowest BCUT2D eigenvalue weighted by molar-refractivity contribution is 0.0964. The molecule has 2 saturated heterocycles. The van der Waals surface area contributed by atoms with Gasteiger partial charge in [0.2, 0.25) is 0 Å². The van der Waals surface area contributed by atoms with Crippen LogP contribution in [0.2, 0.25) is 0 Å². The lowest BCUT2D eigenvalue weighted by Gasteiger charge is -2.37. The Labute approximate surface area is 200 Å². The second-order valence-corrected chi connectivity index (χ2v) is 10.3. The van der Waals surface area contributed by atoms with Gasteiger partial charge < -0.3 is 24.6 Å². The van der Waals surface area contributed by atoms with Crippen LogP contribution in [0, 0.1) is 5.41 Å². The Bertz CT molecular complexity index is 942. The summed E-state index contributed by atoms with van der Waals surface area (Å²) in [4.78, 5) is 20.1. The van der Waals surface area contributed by atoms with Crippen LogP contribution in [-0.2, 0) is 4.74 Å². The zero-order chi connectivity index (χ0) is 22.5. The first kappa shape index (κ1) is 22.3. The van der Waals surface area contributed by atoms with Crippen molar-refractivity contribution >= 4 is 35.6 Å². The van der Waals surface area contributed by atoms with Crippen molar-refractivity contribution in [3.63, 3.8) is 0 Å². The number of hydrogen-bond donors (Lipinski definition) is 2. The predicted octanol–water partition coefficient (Wildman–Crippen LogP) is 3.70. The van der Waals surface area contributed by atoms with E-state index in [0.717, 1.165) is 43.1 Å². The van der Waals surface area contributed by atoms with Crippen LogP contribution in [0.1, 0.15) is 42.5 Å². The summed E-state index contributed by atoms with van der Waals surface area (Å²) < 4.78 is 7.79. The molecule has 7 nitrogen and oxygen atoms in total. The Kier molecular flexibility index (Phi) is 6.92.